The minimum atomic E-state index is -0.811. The summed E-state index contributed by atoms with van der Waals surface area (Å²) in [6.07, 6.45) is 1.22. The number of amides is 1. The molecule has 1 amide bonds. The van der Waals surface area contributed by atoms with Gasteiger partial charge in [-0.05, 0) is 18.8 Å². The summed E-state index contributed by atoms with van der Waals surface area (Å²) in [5.74, 6) is -0.797. The van der Waals surface area contributed by atoms with Crippen LogP contribution in [0.3, 0.4) is 0 Å². The van der Waals surface area contributed by atoms with Crippen molar-refractivity contribution in [3.8, 4) is 0 Å². The van der Waals surface area contributed by atoms with Gasteiger partial charge in [-0.25, -0.2) is 0 Å². The van der Waals surface area contributed by atoms with Crippen molar-refractivity contribution >= 4 is 11.9 Å². The highest BCUT2D eigenvalue weighted by atomic mass is 16.5. The van der Waals surface area contributed by atoms with E-state index in [4.69, 9.17) is 4.74 Å². The fourth-order valence-corrected chi connectivity index (χ4v) is 1.32. The lowest BCUT2D eigenvalue weighted by Crippen LogP contribution is -2.19. The second-order valence-electron chi connectivity index (χ2n) is 4.13. The fourth-order valence-electron chi connectivity index (χ4n) is 1.32. The molecule has 0 aliphatic rings. The fraction of sp³-hybridized carbons (Fsp3) is 0.818. The van der Waals surface area contributed by atoms with E-state index in [0.717, 1.165) is 12.8 Å². The molecule has 1 atom stereocenters. The van der Waals surface area contributed by atoms with Crippen molar-refractivity contribution < 1.29 is 14.3 Å². The van der Waals surface area contributed by atoms with Crippen LogP contribution in [-0.2, 0) is 14.3 Å². The first kappa shape index (κ1) is 14.7. The maximum atomic E-state index is 11.3. The Morgan fingerprint density at radius 3 is 2.31 bits per heavy atom. The summed E-state index contributed by atoms with van der Waals surface area (Å²) in [5.41, 5.74) is 0. The zero-order valence-corrected chi connectivity index (χ0v) is 10.1. The summed E-state index contributed by atoms with van der Waals surface area (Å²) in [7, 11) is 0. The minimum Gasteiger partial charge on any atom is -0.462 e. The molecular formula is C11H19NO4. The summed E-state index contributed by atoms with van der Waals surface area (Å²) in [6, 6.07) is 0. The maximum Gasteiger partial charge on any atom is 0.306 e. The third-order valence-electron chi connectivity index (χ3n) is 2.13. The van der Waals surface area contributed by atoms with Gasteiger partial charge in [0.2, 0.25) is 0 Å². The number of nitroso groups, excluding NO2 is 1. The summed E-state index contributed by atoms with van der Waals surface area (Å²) in [4.78, 5) is 31.6. The van der Waals surface area contributed by atoms with Gasteiger partial charge in [0.15, 0.2) is 0 Å². The van der Waals surface area contributed by atoms with Crippen LogP contribution in [0.5, 0.6) is 0 Å². The van der Waals surface area contributed by atoms with Gasteiger partial charge < -0.3 is 4.74 Å². The van der Waals surface area contributed by atoms with Gasteiger partial charge in [-0.1, -0.05) is 20.8 Å². The van der Waals surface area contributed by atoms with Gasteiger partial charge >= 0.3 is 5.97 Å². The van der Waals surface area contributed by atoms with Crippen molar-refractivity contribution in [1.29, 1.82) is 0 Å². The number of carbonyl (C=O) groups excluding carboxylic acids is 2. The molecule has 5 nitrogen and oxygen atoms in total. The van der Waals surface area contributed by atoms with Gasteiger partial charge in [0.1, 0.15) is 6.10 Å². The zero-order valence-electron chi connectivity index (χ0n) is 10.1. The number of nitrogens with zero attached hydrogens (tertiary/aromatic N) is 1. The van der Waals surface area contributed by atoms with Gasteiger partial charge in [0, 0.05) is 11.6 Å². The van der Waals surface area contributed by atoms with Crippen LogP contribution in [0.1, 0.15) is 46.5 Å². The molecule has 0 rings (SSSR count). The van der Waals surface area contributed by atoms with Crippen molar-refractivity contribution in [3.05, 3.63) is 4.91 Å². The van der Waals surface area contributed by atoms with Crippen LogP contribution < -0.4 is 0 Å². The Morgan fingerprint density at radius 1 is 1.25 bits per heavy atom. The Labute approximate surface area is 95.5 Å². The smallest absolute Gasteiger partial charge is 0.306 e. The molecule has 0 saturated heterocycles. The van der Waals surface area contributed by atoms with E-state index in [1.165, 1.54) is 0 Å². The Bertz CT molecular complexity index is 250. The summed E-state index contributed by atoms with van der Waals surface area (Å²) < 4.78 is 5.17. The van der Waals surface area contributed by atoms with Crippen molar-refractivity contribution in [1.82, 2.24) is 0 Å². The van der Waals surface area contributed by atoms with E-state index in [1.54, 1.807) is 0 Å². The van der Waals surface area contributed by atoms with E-state index in [-0.39, 0.29) is 18.9 Å². The number of hydrogen-bond donors (Lipinski definition) is 0. The zero-order chi connectivity index (χ0) is 12.6. The molecule has 0 aliphatic heterocycles. The van der Waals surface area contributed by atoms with E-state index in [2.05, 4.69) is 19.0 Å². The first-order chi connectivity index (χ1) is 7.49. The monoisotopic (exact) mass is 229 g/mol. The number of rotatable bonds is 7. The van der Waals surface area contributed by atoms with E-state index in [1.807, 2.05) is 6.92 Å². The molecule has 0 bridgehead atoms. The standard InChI is InChI=1S/C11H19NO4/c1-4-9(7-8(2)3)16-11(14)6-5-10(13)12-15/h8-9H,4-7H2,1-3H3. The van der Waals surface area contributed by atoms with E-state index in [9.17, 15) is 14.5 Å². The molecule has 5 heteroatoms. The number of ether oxygens (including phenoxy) is 1. The molecule has 0 N–H and O–H groups in total. The van der Waals surface area contributed by atoms with Crippen LogP contribution in [-0.4, -0.2) is 18.0 Å². The SMILES string of the molecule is CCC(CC(C)C)OC(=O)CCC(=O)N=O. The molecule has 92 valence electrons. The van der Waals surface area contributed by atoms with Crippen molar-refractivity contribution in [2.45, 2.75) is 52.6 Å². The Kier molecular flexibility index (Phi) is 7.33. The molecule has 1 unspecified atom stereocenters. The van der Waals surface area contributed by atoms with Crippen LogP contribution in [0.15, 0.2) is 5.18 Å². The lowest BCUT2D eigenvalue weighted by atomic mass is 10.0. The molecule has 0 radical (unpaired) electrons. The largest absolute Gasteiger partial charge is 0.462 e. The summed E-state index contributed by atoms with van der Waals surface area (Å²) in [6.45, 7) is 6.05. The lowest BCUT2D eigenvalue weighted by molar-refractivity contribution is -0.150. The minimum absolute atomic E-state index is 0.0703. The molecule has 0 heterocycles. The Balaban J connectivity index is 3.91. The van der Waals surface area contributed by atoms with Crippen LogP contribution in [0.2, 0.25) is 0 Å². The predicted octanol–water partition coefficient (Wildman–Crippen LogP) is 2.43. The molecule has 0 aliphatic carbocycles. The van der Waals surface area contributed by atoms with E-state index >= 15 is 0 Å². The molecule has 16 heavy (non-hydrogen) atoms. The average Bonchev–Trinajstić information content (AvgIpc) is 2.24. The van der Waals surface area contributed by atoms with Crippen molar-refractivity contribution in [2.24, 2.45) is 11.1 Å². The predicted molar refractivity (Wildman–Crippen MR) is 59.7 cm³/mol. The average molecular weight is 229 g/mol. The molecule has 0 aromatic rings. The van der Waals surface area contributed by atoms with Gasteiger partial charge in [-0.2, -0.15) is 0 Å². The first-order valence-corrected chi connectivity index (χ1v) is 5.55. The third kappa shape index (κ3) is 7.09. The second kappa shape index (κ2) is 7.96. The van der Waals surface area contributed by atoms with Gasteiger partial charge in [-0.3, -0.25) is 9.59 Å². The van der Waals surface area contributed by atoms with E-state index in [0.29, 0.717) is 5.92 Å². The van der Waals surface area contributed by atoms with Crippen LogP contribution in [0.25, 0.3) is 0 Å². The number of carbonyl (C=O) groups is 2. The van der Waals surface area contributed by atoms with Gasteiger partial charge in [0.05, 0.1) is 6.42 Å². The quantitative estimate of drug-likeness (QED) is 0.496. The van der Waals surface area contributed by atoms with Crippen LogP contribution in [0.4, 0.5) is 0 Å². The molecule has 0 spiro atoms. The molecule has 0 fully saturated rings. The second-order valence-corrected chi connectivity index (χ2v) is 4.13. The Hall–Kier alpha value is -1.26. The highest BCUT2D eigenvalue weighted by Gasteiger charge is 2.15. The normalized spacial score (nSPS) is 12.2. The summed E-state index contributed by atoms with van der Waals surface area (Å²) in [5, 5.41) is 2.21. The topological polar surface area (TPSA) is 72.8 Å². The first-order valence-electron chi connectivity index (χ1n) is 5.55. The van der Waals surface area contributed by atoms with Crippen LogP contribution >= 0.6 is 0 Å². The van der Waals surface area contributed by atoms with Gasteiger partial charge in [0.25, 0.3) is 5.91 Å². The molecule has 0 aromatic carbocycles. The summed E-state index contributed by atoms with van der Waals surface area (Å²) >= 11 is 0. The van der Waals surface area contributed by atoms with Gasteiger partial charge in [-0.15, -0.1) is 4.91 Å². The number of esters is 1. The van der Waals surface area contributed by atoms with E-state index < -0.39 is 11.9 Å². The van der Waals surface area contributed by atoms with Crippen molar-refractivity contribution in [3.63, 3.8) is 0 Å². The lowest BCUT2D eigenvalue weighted by Gasteiger charge is -2.17. The molecule has 0 aromatic heterocycles. The third-order valence-corrected chi connectivity index (χ3v) is 2.13. The maximum absolute atomic E-state index is 11.3. The highest BCUT2D eigenvalue weighted by Crippen LogP contribution is 2.12. The van der Waals surface area contributed by atoms with Crippen LogP contribution in [0, 0.1) is 10.8 Å². The number of hydrogen-bond acceptors (Lipinski definition) is 4. The Morgan fingerprint density at radius 2 is 1.88 bits per heavy atom. The molecular weight excluding hydrogens is 210 g/mol. The highest BCUT2D eigenvalue weighted by molar-refractivity contribution is 5.81. The molecule has 0 saturated carbocycles. The van der Waals surface area contributed by atoms with Crippen molar-refractivity contribution in [2.75, 3.05) is 0 Å².